The van der Waals surface area contributed by atoms with Crippen LogP contribution in [0.4, 0.5) is 4.39 Å². The largest absolute Gasteiger partial charge is 0.463 e. The molecule has 6 nitrogen and oxygen atoms in total. The quantitative estimate of drug-likeness (QED) is 0.310. The Balaban J connectivity index is 2.11. The first-order valence-electron chi connectivity index (χ1n) is 10.4. The number of hydrogen-bond acceptors (Lipinski definition) is 5. The lowest BCUT2D eigenvalue weighted by Gasteiger charge is -2.15. The molecule has 0 aliphatic carbocycles. The summed E-state index contributed by atoms with van der Waals surface area (Å²) >= 11 is 0. The fraction of sp³-hybridized carbons (Fsp3) is 0.200. The Labute approximate surface area is 185 Å². The normalized spacial score (nSPS) is 11.4. The maximum atomic E-state index is 14.9. The Hall–Kier alpha value is -3.87. The lowest BCUT2D eigenvalue weighted by molar-refractivity contribution is -0.137. The van der Waals surface area contributed by atoms with Gasteiger partial charge < -0.3 is 4.74 Å². The molecule has 3 heterocycles. The van der Waals surface area contributed by atoms with Gasteiger partial charge in [0, 0.05) is 52.7 Å². The van der Waals surface area contributed by atoms with E-state index in [2.05, 4.69) is 10.1 Å². The topological polar surface area (TPSA) is 69.9 Å². The molecule has 0 bridgehead atoms. The summed E-state index contributed by atoms with van der Waals surface area (Å²) in [4.78, 5) is 21.3. The molecule has 0 atom stereocenters. The first-order valence-corrected chi connectivity index (χ1v) is 10.4. The van der Waals surface area contributed by atoms with E-state index in [0.29, 0.717) is 29.0 Å². The van der Waals surface area contributed by atoms with E-state index in [-0.39, 0.29) is 6.61 Å². The summed E-state index contributed by atoms with van der Waals surface area (Å²) in [5.74, 6) is -0.884. The van der Waals surface area contributed by atoms with Gasteiger partial charge in [0.15, 0.2) is 5.65 Å². The van der Waals surface area contributed by atoms with Crippen molar-refractivity contribution in [2.75, 3.05) is 6.61 Å². The van der Waals surface area contributed by atoms with E-state index < -0.39 is 11.8 Å². The molecule has 162 valence electrons. The van der Waals surface area contributed by atoms with Crippen LogP contribution < -0.4 is 0 Å². The van der Waals surface area contributed by atoms with Gasteiger partial charge in [0.1, 0.15) is 5.82 Å². The zero-order valence-electron chi connectivity index (χ0n) is 18.2. The predicted molar refractivity (Wildman–Crippen MR) is 122 cm³/mol. The van der Waals surface area contributed by atoms with Gasteiger partial charge >= 0.3 is 5.97 Å². The van der Waals surface area contributed by atoms with Crippen molar-refractivity contribution in [3.63, 3.8) is 0 Å². The maximum absolute atomic E-state index is 14.9. The number of ether oxygens (including phenoxy) is 1. The number of aromatic nitrogens is 4. The summed E-state index contributed by atoms with van der Waals surface area (Å²) in [6, 6.07) is 8.46. The Morgan fingerprint density at radius 2 is 2.00 bits per heavy atom. The first kappa shape index (κ1) is 21.4. The van der Waals surface area contributed by atoms with Gasteiger partial charge in [-0.25, -0.2) is 18.9 Å². The van der Waals surface area contributed by atoms with Crippen molar-refractivity contribution in [1.29, 1.82) is 0 Å². The highest BCUT2D eigenvalue weighted by molar-refractivity contribution is 6.02. The van der Waals surface area contributed by atoms with Crippen molar-refractivity contribution in [3.8, 4) is 22.4 Å². The molecule has 0 aliphatic heterocycles. The van der Waals surface area contributed by atoms with E-state index in [0.717, 1.165) is 22.1 Å². The van der Waals surface area contributed by atoms with Crippen LogP contribution >= 0.6 is 0 Å². The van der Waals surface area contributed by atoms with Gasteiger partial charge in [-0.1, -0.05) is 12.1 Å². The van der Waals surface area contributed by atoms with Gasteiger partial charge in [0.2, 0.25) is 0 Å². The second-order valence-corrected chi connectivity index (χ2v) is 7.26. The number of esters is 1. The number of benzene rings is 1. The van der Waals surface area contributed by atoms with Crippen molar-refractivity contribution < 1.29 is 13.9 Å². The lowest BCUT2D eigenvalue weighted by atomic mass is 9.93. The molecule has 0 unspecified atom stereocenters. The summed E-state index contributed by atoms with van der Waals surface area (Å²) in [5, 5.41) is 5.26. The molecule has 0 saturated heterocycles. The number of rotatable bonds is 6. The summed E-state index contributed by atoms with van der Waals surface area (Å²) in [6.07, 6.45) is 8.23. The van der Waals surface area contributed by atoms with Gasteiger partial charge in [-0.3, -0.25) is 4.98 Å². The monoisotopic (exact) mass is 430 g/mol. The molecular weight excluding hydrogens is 407 g/mol. The van der Waals surface area contributed by atoms with Crippen LogP contribution in [-0.4, -0.2) is 32.3 Å². The third kappa shape index (κ3) is 4.01. The summed E-state index contributed by atoms with van der Waals surface area (Å²) in [5.41, 5.74) is 4.57. The van der Waals surface area contributed by atoms with Gasteiger partial charge in [-0.05, 0) is 50.6 Å². The number of pyridine rings is 2. The molecule has 7 heteroatoms. The number of fused-ring (bicyclic) bond motifs is 1. The molecular formula is C25H23FN4O2. The number of nitrogens with zero attached hydrogens (tertiary/aromatic N) is 4. The Morgan fingerprint density at radius 3 is 2.72 bits per heavy atom. The molecule has 4 rings (SSSR count). The minimum Gasteiger partial charge on any atom is -0.463 e. The fourth-order valence-electron chi connectivity index (χ4n) is 3.70. The molecule has 1 aromatic carbocycles. The predicted octanol–water partition coefficient (Wildman–Crippen LogP) is 5.20. The van der Waals surface area contributed by atoms with Crippen LogP contribution in [0.1, 0.15) is 25.0 Å². The second kappa shape index (κ2) is 9.09. The van der Waals surface area contributed by atoms with Crippen molar-refractivity contribution in [2.24, 2.45) is 0 Å². The van der Waals surface area contributed by atoms with Crippen LogP contribution in [0, 0.1) is 12.7 Å². The molecule has 0 radical (unpaired) electrons. The molecule has 0 amide bonds. The third-order valence-electron chi connectivity index (χ3n) is 5.09. The molecule has 0 aliphatic rings. The smallest absolute Gasteiger partial charge is 0.330 e. The van der Waals surface area contributed by atoms with Crippen LogP contribution in [0.5, 0.6) is 0 Å². The maximum Gasteiger partial charge on any atom is 0.330 e. The number of aryl methyl sites for hydroxylation is 2. The van der Waals surface area contributed by atoms with Crippen molar-refractivity contribution in [2.45, 2.75) is 27.3 Å². The molecule has 0 saturated carbocycles. The van der Waals surface area contributed by atoms with Crippen molar-refractivity contribution in [3.05, 3.63) is 71.9 Å². The first-order chi connectivity index (χ1) is 15.5. The van der Waals surface area contributed by atoms with Crippen LogP contribution in [0.3, 0.4) is 0 Å². The Bertz CT molecular complexity index is 1330. The van der Waals surface area contributed by atoms with Gasteiger partial charge in [0.25, 0.3) is 0 Å². The van der Waals surface area contributed by atoms with E-state index >= 15 is 0 Å². The van der Waals surface area contributed by atoms with Crippen molar-refractivity contribution >= 4 is 23.1 Å². The highest BCUT2D eigenvalue weighted by atomic mass is 19.1. The SMILES string of the molecule is CCOC(=O)/C=C/c1c(-c2ccccc2F)nc2c(cnn2CC)c1-c1cncc(C)c1. The molecule has 32 heavy (non-hydrogen) atoms. The summed E-state index contributed by atoms with van der Waals surface area (Å²) in [7, 11) is 0. The van der Waals surface area contributed by atoms with E-state index in [1.165, 1.54) is 12.1 Å². The van der Waals surface area contributed by atoms with E-state index in [1.807, 2.05) is 19.9 Å². The van der Waals surface area contributed by atoms with Gasteiger partial charge in [-0.15, -0.1) is 0 Å². The summed E-state index contributed by atoms with van der Waals surface area (Å²) in [6.45, 7) is 6.54. The number of hydrogen-bond donors (Lipinski definition) is 0. The second-order valence-electron chi connectivity index (χ2n) is 7.26. The molecule has 0 N–H and O–H groups in total. The molecule has 0 fully saturated rings. The average molecular weight is 430 g/mol. The average Bonchev–Trinajstić information content (AvgIpc) is 3.20. The highest BCUT2D eigenvalue weighted by Crippen LogP contribution is 2.38. The minimum absolute atomic E-state index is 0.262. The van der Waals surface area contributed by atoms with Gasteiger partial charge in [-0.2, -0.15) is 5.10 Å². The van der Waals surface area contributed by atoms with Crippen LogP contribution in [0.25, 0.3) is 39.5 Å². The molecule has 3 aromatic heterocycles. The standard InChI is InChI=1S/C25H23FN4O2/c1-4-30-25-20(15-28-30)23(17-12-16(3)13-27-14-17)19(10-11-22(31)32-5-2)24(29-25)18-8-6-7-9-21(18)26/h6-15H,4-5H2,1-3H3/b11-10+. The van der Waals surface area contributed by atoms with Crippen molar-refractivity contribution in [1.82, 2.24) is 19.7 Å². The summed E-state index contributed by atoms with van der Waals surface area (Å²) < 4.78 is 21.7. The van der Waals surface area contributed by atoms with E-state index in [4.69, 9.17) is 9.72 Å². The zero-order valence-corrected chi connectivity index (χ0v) is 18.2. The fourth-order valence-corrected chi connectivity index (χ4v) is 3.70. The van der Waals surface area contributed by atoms with E-state index in [9.17, 15) is 9.18 Å². The van der Waals surface area contributed by atoms with Crippen LogP contribution in [0.15, 0.2) is 55.0 Å². The van der Waals surface area contributed by atoms with Crippen LogP contribution in [0.2, 0.25) is 0 Å². The van der Waals surface area contributed by atoms with E-state index in [1.54, 1.807) is 54.5 Å². The molecule has 4 aromatic rings. The highest BCUT2D eigenvalue weighted by Gasteiger charge is 2.21. The minimum atomic E-state index is -0.482. The third-order valence-corrected chi connectivity index (χ3v) is 5.09. The van der Waals surface area contributed by atoms with Gasteiger partial charge in [0.05, 0.1) is 18.5 Å². The zero-order chi connectivity index (χ0) is 22.7. The molecule has 0 spiro atoms. The number of carbonyl (C=O) groups is 1. The Kier molecular flexibility index (Phi) is 6.07. The number of carbonyl (C=O) groups excluding carboxylic acids is 1. The lowest BCUT2D eigenvalue weighted by Crippen LogP contribution is -2.03. The van der Waals surface area contributed by atoms with Crippen LogP contribution in [-0.2, 0) is 16.1 Å². The number of halogens is 1. The Morgan fingerprint density at radius 1 is 1.19 bits per heavy atom.